The molecule has 4 aromatic rings. The fourth-order valence-electron chi connectivity index (χ4n) is 5.27. The molecule has 5 rings (SSSR count). The van der Waals surface area contributed by atoms with E-state index in [1.54, 1.807) is 16.9 Å². The minimum absolute atomic E-state index is 0.0893. The first-order valence-electron chi connectivity index (χ1n) is 16.0. The maximum Gasteiger partial charge on any atom is 0.397 e. The van der Waals surface area contributed by atoms with Crippen LogP contribution in [0.15, 0.2) is 71.9 Å². The van der Waals surface area contributed by atoms with E-state index in [1.165, 1.54) is 11.9 Å². The van der Waals surface area contributed by atoms with Crippen LogP contribution < -0.4 is 14.4 Å². The van der Waals surface area contributed by atoms with Crippen molar-refractivity contribution in [1.82, 2.24) is 19.7 Å². The summed E-state index contributed by atoms with van der Waals surface area (Å²) in [6, 6.07) is 19.4. The third-order valence-corrected chi connectivity index (χ3v) is 9.02. The summed E-state index contributed by atoms with van der Waals surface area (Å²) in [7, 11) is 0. The van der Waals surface area contributed by atoms with Crippen LogP contribution in [-0.4, -0.2) is 57.3 Å². The summed E-state index contributed by atoms with van der Waals surface area (Å²) < 4.78 is 50.7. The van der Waals surface area contributed by atoms with E-state index in [2.05, 4.69) is 34.6 Å². The van der Waals surface area contributed by atoms with E-state index < -0.39 is 18.2 Å². The van der Waals surface area contributed by atoms with Crippen molar-refractivity contribution < 1.29 is 23.0 Å². The molecule has 0 aliphatic carbocycles. The summed E-state index contributed by atoms with van der Waals surface area (Å²) in [5.41, 5.74) is 1.21. The van der Waals surface area contributed by atoms with Crippen LogP contribution in [0, 0.1) is 10.8 Å². The Morgan fingerprint density at radius 3 is 2.49 bits per heavy atom. The number of benzene rings is 1. The molecule has 8 nitrogen and oxygen atoms in total. The second kappa shape index (κ2) is 14.6. The van der Waals surface area contributed by atoms with Gasteiger partial charge in [0.15, 0.2) is 0 Å². The van der Waals surface area contributed by atoms with Gasteiger partial charge in [0.25, 0.3) is 0 Å². The van der Waals surface area contributed by atoms with Crippen molar-refractivity contribution in [2.45, 2.75) is 71.0 Å². The highest BCUT2D eigenvalue weighted by Crippen LogP contribution is 2.38. The first-order chi connectivity index (χ1) is 22.3. The van der Waals surface area contributed by atoms with Crippen molar-refractivity contribution in [2.75, 3.05) is 35.9 Å². The SMILES string of the molecule is CC(C)(CO)CN1CCCCCCc2ccccc2-c2nc(ccc2-n2ccc(OCC(C)(C)C(F)(F)F)n2)NSc2cccc1n2. The number of rotatable bonds is 7. The molecule has 1 aliphatic rings. The number of alkyl halides is 3. The van der Waals surface area contributed by atoms with Gasteiger partial charge in [-0.2, -0.15) is 13.2 Å². The number of aromatic nitrogens is 4. The Bertz CT molecular complexity index is 1640. The average molecular weight is 669 g/mol. The predicted octanol–water partition coefficient (Wildman–Crippen LogP) is 8.36. The summed E-state index contributed by atoms with van der Waals surface area (Å²) in [5, 5.41) is 15.2. The van der Waals surface area contributed by atoms with Gasteiger partial charge in [-0.15, -0.1) is 5.10 Å². The second-order valence-corrected chi connectivity index (χ2v) is 14.3. The number of halogens is 3. The van der Waals surface area contributed by atoms with Gasteiger partial charge in [-0.3, -0.25) is 0 Å². The highest BCUT2D eigenvalue weighted by molar-refractivity contribution is 8.00. The number of aliphatic hydroxyl groups excluding tert-OH is 1. The smallest absolute Gasteiger partial charge is 0.397 e. The van der Waals surface area contributed by atoms with Crippen LogP contribution in [0.1, 0.15) is 58.9 Å². The molecule has 0 radical (unpaired) electrons. The Labute approximate surface area is 278 Å². The monoisotopic (exact) mass is 668 g/mol. The highest BCUT2D eigenvalue weighted by atomic mass is 32.2. The predicted molar refractivity (Wildman–Crippen MR) is 181 cm³/mol. The van der Waals surface area contributed by atoms with E-state index in [0.717, 1.165) is 74.5 Å². The van der Waals surface area contributed by atoms with E-state index >= 15 is 0 Å². The number of aryl methyl sites for hydroxylation is 1. The third-order valence-electron chi connectivity index (χ3n) is 8.27. The third kappa shape index (κ3) is 8.78. The first kappa shape index (κ1) is 34.6. The molecule has 0 amide bonds. The standard InChI is InChI=1S/C35H43F3N6O2S/c1-33(2,23-45)22-43-20-10-6-5-7-12-25-13-8-9-14-26(25)32-27(17-18-28(39-32)42-47-31-16-11-15-29(43)40-31)44-21-19-30(41-44)46-24-34(3,4)35(36,37)38/h8-9,11,13-19,21,45H,5-7,10,12,20,22-24H2,1-4H3,(H,39,42). The van der Waals surface area contributed by atoms with Crippen LogP contribution in [0.4, 0.5) is 24.8 Å². The fourth-order valence-corrected chi connectivity index (χ4v) is 5.88. The molecule has 0 fully saturated rings. The summed E-state index contributed by atoms with van der Waals surface area (Å²) in [5.74, 6) is 1.59. The molecular formula is C35H43F3N6O2S. The number of nitrogens with one attached hydrogen (secondary N) is 1. The fraction of sp³-hybridized carbons (Fsp3) is 0.457. The number of pyridine rings is 2. The molecule has 12 heteroatoms. The molecule has 47 heavy (non-hydrogen) atoms. The number of ether oxygens (including phenoxy) is 1. The molecule has 1 aromatic carbocycles. The van der Waals surface area contributed by atoms with E-state index in [-0.39, 0.29) is 17.9 Å². The van der Waals surface area contributed by atoms with Gasteiger partial charge in [-0.1, -0.05) is 57.0 Å². The van der Waals surface area contributed by atoms with Gasteiger partial charge >= 0.3 is 6.18 Å². The van der Waals surface area contributed by atoms with E-state index in [9.17, 15) is 18.3 Å². The number of hydrogen-bond donors (Lipinski definition) is 2. The maximum atomic E-state index is 13.4. The van der Waals surface area contributed by atoms with Gasteiger partial charge in [0.2, 0.25) is 5.88 Å². The largest absolute Gasteiger partial charge is 0.476 e. The van der Waals surface area contributed by atoms with Crippen LogP contribution in [-0.2, 0) is 6.42 Å². The zero-order valence-corrected chi connectivity index (χ0v) is 28.2. The van der Waals surface area contributed by atoms with E-state index in [4.69, 9.17) is 14.7 Å². The molecule has 2 N–H and O–H groups in total. The summed E-state index contributed by atoms with van der Waals surface area (Å²) in [6.45, 7) is 7.42. The van der Waals surface area contributed by atoms with Gasteiger partial charge in [0, 0.05) is 54.9 Å². The van der Waals surface area contributed by atoms with Gasteiger partial charge < -0.3 is 19.5 Å². The van der Waals surface area contributed by atoms with Crippen LogP contribution in [0.2, 0.25) is 0 Å². The molecule has 0 unspecified atom stereocenters. The molecule has 0 saturated heterocycles. The van der Waals surface area contributed by atoms with Crippen molar-refractivity contribution in [3.63, 3.8) is 0 Å². The highest BCUT2D eigenvalue weighted by Gasteiger charge is 2.48. The van der Waals surface area contributed by atoms with Crippen molar-refractivity contribution in [3.8, 4) is 22.8 Å². The van der Waals surface area contributed by atoms with Crippen LogP contribution in [0.25, 0.3) is 16.9 Å². The van der Waals surface area contributed by atoms with E-state index in [1.807, 2.05) is 48.5 Å². The van der Waals surface area contributed by atoms with Gasteiger partial charge in [-0.25, -0.2) is 14.6 Å². The van der Waals surface area contributed by atoms with Crippen molar-refractivity contribution in [3.05, 3.63) is 72.4 Å². The Kier molecular flexibility index (Phi) is 10.7. The van der Waals surface area contributed by atoms with Crippen molar-refractivity contribution in [2.24, 2.45) is 10.8 Å². The first-order valence-corrected chi connectivity index (χ1v) is 16.8. The Balaban J connectivity index is 1.47. The molecule has 1 aliphatic heterocycles. The number of fused-ring (bicyclic) bond motifs is 6. The molecule has 3 aromatic heterocycles. The Hall–Kier alpha value is -3.77. The zero-order valence-electron chi connectivity index (χ0n) is 27.3. The summed E-state index contributed by atoms with van der Waals surface area (Å²) >= 11 is 1.36. The maximum absolute atomic E-state index is 13.4. The topological polar surface area (TPSA) is 88.3 Å². The van der Waals surface area contributed by atoms with Crippen LogP contribution >= 0.6 is 11.9 Å². The number of nitrogens with zero attached hydrogens (tertiary/aromatic N) is 5. The van der Waals surface area contributed by atoms with Gasteiger partial charge in [0.05, 0.1) is 16.8 Å². The Morgan fingerprint density at radius 2 is 1.70 bits per heavy atom. The minimum Gasteiger partial charge on any atom is -0.476 e. The number of hydrogen-bond acceptors (Lipinski definition) is 8. The van der Waals surface area contributed by atoms with Gasteiger partial charge in [0.1, 0.15) is 23.3 Å². The average Bonchev–Trinajstić information content (AvgIpc) is 3.52. The van der Waals surface area contributed by atoms with Gasteiger partial charge in [-0.05, 0) is 62.9 Å². The molecular weight excluding hydrogens is 625 g/mol. The number of aliphatic hydroxyl groups is 1. The molecule has 252 valence electrons. The molecule has 4 heterocycles. The van der Waals surface area contributed by atoms with Crippen LogP contribution in [0.5, 0.6) is 5.88 Å². The van der Waals surface area contributed by atoms with Crippen LogP contribution in [0.3, 0.4) is 0 Å². The van der Waals surface area contributed by atoms with E-state index in [0.29, 0.717) is 23.7 Å². The lowest BCUT2D eigenvalue weighted by atomic mass is 9.94. The lowest BCUT2D eigenvalue weighted by molar-refractivity contribution is -0.219. The lowest BCUT2D eigenvalue weighted by Gasteiger charge is -2.32. The second-order valence-electron chi connectivity index (χ2n) is 13.4. The Morgan fingerprint density at radius 1 is 0.915 bits per heavy atom. The summed E-state index contributed by atoms with van der Waals surface area (Å²) in [6.07, 6.45) is 2.28. The lowest BCUT2D eigenvalue weighted by Crippen LogP contribution is -2.37. The quantitative estimate of drug-likeness (QED) is 0.190. The minimum atomic E-state index is -4.40. The molecule has 0 atom stereocenters. The van der Waals surface area contributed by atoms with Crippen molar-refractivity contribution >= 4 is 23.6 Å². The molecule has 0 saturated carbocycles. The zero-order chi connectivity index (χ0) is 33.7. The normalized spacial score (nSPS) is 15.0. The molecule has 4 bridgehead atoms. The van der Waals surface area contributed by atoms with Crippen molar-refractivity contribution in [1.29, 1.82) is 0 Å². The number of anilines is 2. The molecule has 0 spiro atoms. The summed E-state index contributed by atoms with van der Waals surface area (Å²) in [4.78, 5) is 12.2.